The van der Waals surface area contributed by atoms with Crippen LogP contribution in [0, 0.1) is 6.92 Å². The van der Waals surface area contributed by atoms with Crippen molar-refractivity contribution in [2.24, 2.45) is 0 Å². The van der Waals surface area contributed by atoms with Crippen LogP contribution < -0.4 is 5.32 Å². The summed E-state index contributed by atoms with van der Waals surface area (Å²) in [5.74, 6) is 0. The topological polar surface area (TPSA) is 15.3 Å². The van der Waals surface area contributed by atoms with Gasteiger partial charge in [0.1, 0.15) is 0 Å². The Morgan fingerprint density at radius 2 is 2.05 bits per heavy atom. The maximum absolute atomic E-state index is 3.70. The van der Waals surface area contributed by atoms with Crippen LogP contribution >= 0.6 is 15.9 Å². The highest BCUT2D eigenvalue weighted by molar-refractivity contribution is 9.10. The molecule has 2 nitrogen and oxygen atoms in total. The molecule has 2 rings (SSSR count). The summed E-state index contributed by atoms with van der Waals surface area (Å²) in [6.07, 6.45) is 3.83. The Morgan fingerprint density at radius 1 is 1.32 bits per heavy atom. The molecule has 1 heterocycles. The number of nitrogens with one attached hydrogen (secondary N) is 1. The Labute approximate surface area is 125 Å². The second-order valence-corrected chi connectivity index (χ2v) is 6.45. The molecule has 0 radical (unpaired) electrons. The lowest BCUT2D eigenvalue weighted by molar-refractivity contribution is 0.197. The molecule has 1 aliphatic rings. The molecule has 0 aliphatic carbocycles. The second kappa shape index (κ2) is 7.41. The van der Waals surface area contributed by atoms with Gasteiger partial charge in [0.05, 0.1) is 0 Å². The van der Waals surface area contributed by atoms with Gasteiger partial charge in [-0.1, -0.05) is 35.0 Å². The lowest BCUT2D eigenvalue weighted by Crippen LogP contribution is -2.42. The fourth-order valence-corrected chi connectivity index (χ4v) is 3.36. The number of piperidine rings is 1. The molecule has 1 N–H and O–H groups in total. The Bertz CT molecular complexity index is 398. The van der Waals surface area contributed by atoms with Crippen molar-refractivity contribution in [2.45, 2.75) is 45.7 Å². The fraction of sp³-hybridized carbons (Fsp3) is 0.625. The SMILES string of the molecule is CCCN1CCC(NCc2ccc(C)cc2Br)CC1. The molecule has 1 aromatic rings. The molecule has 1 saturated heterocycles. The van der Waals surface area contributed by atoms with E-state index in [9.17, 15) is 0 Å². The van der Waals surface area contributed by atoms with Crippen LogP contribution in [0.3, 0.4) is 0 Å². The van der Waals surface area contributed by atoms with Gasteiger partial charge in [-0.15, -0.1) is 0 Å². The zero-order valence-corrected chi connectivity index (χ0v) is 13.7. The molecule has 0 aromatic heterocycles. The highest BCUT2D eigenvalue weighted by Gasteiger charge is 2.17. The van der Waals surface area contributed by atoms with Gasteiger partial charge in [-0.05, 0) is 63.0 Å². The molecule has 1 fully saturated rings. The van der Waals surface area contributed by atoms with Crippen LogP contribution in [0.25, 0.3) is 0 Å². The normalized spacial score (nSPS) is 17.8. The summed E-state index contributed by atoms with van der Waals surface area (Å²) in [5, 5.41) is 3.70. The van der Waals surface area contributed by atoms with Crippen LogP contribution in [0.1, 0.15) is 37.3 Å². The van der Waals surface area contributed by atoms with E-state index in [2.05, 4.69) is 58.2 Å². The van der Waals surface area contributed by atoms with Crippen molar-refractivity contribution >= 4 is 15.9 Å². The van der Waals surface area contributed by atoms with Crippen LogP contribution in [-0.4, -0.2) is 30.6 Å². The van der Waals surface area contributed by atoms with E-state index in [1.807, 2.05) is 0 Å². The number of halogens is 1. The van der Waals surface area contributed by atoms with Crippen LogP contribution in [0.5, 0.6) is 0 Å². The first kappa shape index (κ1) is 15.0. The number of rotatable bonds is 5. The van der Waals surface area contributed by atoms with Gasteiger partial charge in [-0.2, -0.15) is 0 Å². The van der Waals surface area contributed by atoms with Gasteiger partial charge < -0.3 is 10.2 Å². The monoisotopic (exact) mass is 324 g/mol. The van der Waals surface area contributed by atoms with E-state index in [0.717, 1.165) is 6.54 Å². The van der Waals surface area contributed by atoms with Gasteiger partial charge in [-0.25, -0.2) is 0 Å². The van der Waals surface area contributed by atoms with Crippen LogP contribution in [0.2, 0.25) is 0 Å². The van der Waals surface area contributed by atoms with E-state index in [4.69, 9.17) is 0 Å². The third-order valence-corrected chi connectivity index (χ3v) is 4.66. The maximum atomic E-state index is 3.70. The Hall–Kier alpha value is -0.380. The second-order valence-electron chi connectivity index (χ2n) is 5.59. The lowest BCUT2D eigenvalue weighted by Gasteiger charge is -2.32. The van der Waals surface area contributed by atoms with Crippen molar-refractivity contribution in [2.75, 3.05) is 19.6 Å². The third kappa shape index (κ3) is 4.59. The van der Waals surface area contributed by atoms with Gasteiger partial charge in [-0.3, -0.25) is 0 Å². The van der Waals surface area contributed by atoms with Crippen molar-refractivity contribution < 1.29 is 0 Å². The molecule has 0 bridgehead atoms. The van der Waals surface area contributed by atoms with E-state index >= 15 is 0 Å². The number of benzene rings is 1. The van der Waals surface area contributed by atoms with E-state index < -0.39 is 0 Å². The Morgan fingerprint density at radius 3 is 2.68 bits per heavy atom. The molecule has 3 heteroatoms. The van der Waals surface area contributed by atoms with Crippen molar-refractivity contribution in [1.82, 2.24) is 10.2 Å². The average Bonchev–Trinajstić information content (AvgIpc) is 2.40. The first-order valence-corrected chi connectivity index (χ1v) is 8.19. The molecule has 1 aliphatic heterocycles. The Balaban J connectivity index is 1.77. The van der Waals surface area contributed by atoms with Gasteiger partial charge in [0, 0.05) is 17.1 Å². The average molecular weight is 325 g/mol. The van der Waals surface area contributed by atoms with Crippen molar-refractivity contribution in [3.8, 4) is 0 Å². The number of nitrogens with zero attached hydrogens (tertiary/aromatic N) is 1. The molecular formula is C16H25BrN2. The molecule has 1 aromatic carbocycles. The standard InChI is InChI=1S/C16H25BrN2/c1-3-8-19-9-6-15(7-10-19)18-12-14-5-4-13(2)11-16(14)17/h4-5,11,15,18H,3,6-10,12H2,1-2H3. The van der Waals surface area contributed by atoms with Gasteiger partial charge >= 0.3 is 0 Å². The zero-order valence-electron chi connectivity index (χ0n) is 12.1. The van der Waals surface area contributed by atoms with Crippen molar-refractivity contribution in [1.29, 1.82) is 0 Å². The summed E-state index contributed by atoms with van der Waals surface area (Å²) >= 11 is 3.65. The van der Waals surface area contributed by atoms with Gasteiger partial charge in [0.15, 0.2) is 0 Å². The number of hydrogen-bond acceptors (Lipinski definition) is 2. The first-order valence-electron chi connectivity index (χ1n) is 7.40. The highest BCUT2D eigenvalue weighted by atomic mass is 79.9. The first-order chi connectivity index (χ1) is 9.19. The Kier molecular flexibility index (Phi) is 5.86. The minimum absolute atomic E-state index is 0.682. The summed E-state index contributed by atoms with van der Waals surface area (Å²) in [5.41, 5.74) is 2.67. The van der Waals surface area contributed by atoms with Gasteiger partial charge in [0.2, 0.25) is 0 Å². The van der Waals surface area contributed by atoms with Crippen LogP contribution in [-0.2, 0) is 6.54 Å². The smallest absolute Gasteiger partial charge is 0.0222 e. The zero-order chi connectivity index (χ0) is 13.7. The predicted octanol–water partition coefficient (Wildman–Crippen LogP) is 3.72. The van der Waals surface area contributed by atoms with E-state index in [1.54, 1.807) is 0 Å². The summed E-state index contributed by atoms with van der Waals surface area (Å²) < 4.78 is 1.23. The maximum Gasteiger partial charge on any atom is 0.0222 e. The minimum atomic E-state index is 0.682. The van der Waals surface area contributed by atoms with Crippen LogP contribution in [0.4, 0.5) is 0 Å². The molecule has 106 valence electrons. The molecular weight excluding hydrogens is 300 g/mol. The van der Waals surface area contributed by atoms with E-state index in [-0.39, 0.29) is 0 Å². The summed E-state index contributed by atoms with van der Waals surface area (Å²) in [6, 6.07) is 7.28. The van der Waals surface area contributed by atoms with E-state index in [0.29, 0.717) is 6.04 Å². The lowest BCUT2D eigenvalue weighted by atomic mass is 10.0. The highest BCUT2D eigenvalue weighted by Crippen LogP contribution is 2.19. The summed E-state index contributed by atoms with van der Waals surface area (Å²) in [4.78, 5) is 2.58. The number of hydrogen-bond donors (Lipinski definition) is 1. The van der Waals surface area contributed by atoms with Gasteiger partial charge in [0.25, 0.3) is 0 Å². The largest absolute Gasteiger partial charge is 0.310 e. The minimum Gasteiger partial charge on any atom is -0.310 e. The predicted molar refractivity (Wildman–Crippen MR) is 85.5 cm³/mol. The number of aryl methyl sites for hydroxylation is 1. The summed E-state index contributed by atoms with van der Waals surface area (Å²) in [7, 11) is 0. The molecule has 0 amide bonds. The van der Waals surface area contributed by atoms with Crippen LogP contribution in [0.15, 0.2) is 22.7 Å². The quantitative estimate of drug-likeness (QED) is 0.888. The van der Waals surface area contributed by atoms with Crippen molar-refractivity contribution in [3.05, 3.63) is 33.8 Å². The van der Waals surface area contributed by atoms with E-state index in [1.165, 1.54) is 54.5 Å². The third-order valence-electron chi connectivity index (χ3n) is 3.92. The molecule has 0 saturated carbocycles. The van der Waals surface area contributed by atoms with Crippen molar-refractivity contribution in [3.63, 3.8) is 0 Å². The summed E-state index contributed by atoms with van der Waals surface area (Å²) in [6.45, 7) is 9.13. The molecule has 19 heavy (non-hydrogen) atoms. The fourth-order valence-electron chi connectivity index (χ4n) is 2.73. The molecule has 0 spiro atoms. The molecule has 0 atom stereocenters. The molecule has 0 unspecified atom stereocenters. The number of likely N-dealkylation sites (tertiary alicyclic amines) is 1.